The highest BCUT2D eigenvalue weighted by atomic mass is 19.1. The monoisotopic (exact) mass is 160 g/mol. The van der Waals surface area contributed by atoms with Crippen LogP contribution in [0.15, 0.2) is 0 Å². The number of halogens is 1. The van der Waals surface area contributed by atoms with Gasteiger partial charge in [0.25, 0.3) is 0 Å². The zero-order valence-corrected chi connectivity index (χ0v) is 6.40. The molecule has 0 bridgehead atoms. The molecule has 3 N–H and O–H groups in total. The van der Waals surface area contributed by atoms with E-state index >= 15 is 0 Å². The number of hydrogen-bond donors (Lipinski definition) is 2. The van der Waals surface area contributed by atoms with Crippen molar-refractivity contribution in [3.63, 3.8) is 0 Å². The summed E-state index contributed by atoms with van der Waals surface area (Å²) in [4.78, 5) is 10.9. The second-order valence-electron chi connectivity index (χ2n) is 3.03. The van der Waals surface area contributed by atoms with Crippen LogP contribution in [0.5, 0.6) is 0 Å². The molecular weight excluding hydrogens is 147 g/mol. The van der Waals surface area contributed by atoms with Crippen molar-refractivity contribution in [1.82, 2.24) is 5.32 Å². The minimum atomic E-state index is -0.870. The van der Waals surface area contributed by atoms with Crippen LogP contribution < -0.4 is 11.1 Å². The molecule has 1 aliphatic rings. The number of carbonyl (C=O) groups excluding carboxylic acids is 1. The summed E-state index contributed by atoms with van der Waals surface area (Å²) in [6, 6.07) is 0. The van der Waals surface area contributed by atoms with Crippen molar-refractivity contribution in [2.24, 2.45) is 11.1 Å². The Labute approximate surface area is 65.1 Å². The van der Waals surface area contributed by atoms with Gasteiger partial charge in [-0.05, 0) is 25.9 Å². The van der Waals surface area contributed by atoms with Gasteiger partial charge in [0.15, 0.2) is 0 Å². The topological polar surface area (TPSA) is 55.1 Å². The average Bonchev–Trinajstić information content (AvgIpc) is 2.05. The molecule has 0 aromatic carbocycles. The second kappa shape index (κ2) is 3.17. The molecule has 0 radical (unpaired) electrons. The molecule has 4 heteroatoms. The van der Waals surface area contributed by atoms with E-state index in [1.807, 2.05) is 0 Å². The van der Waals surface area contributed by atoms with E-state index in [0.29, 0.717) is 25.9 Å². The molecule has 0 atom stereocenters. The molecule has 3 nitrogen and oxygen atoms in total. The summed E-state index contributed by atoms with van der Waals surface area (Å²) < 4.78 is 12.5. The number of hydrogen-bond acceptors (Lipinski definition) is 2. The third kappa shape index (κ3) is 1.50. The van der Waals surface area contributed by atoms with Gasteiger partial charge in [0.2, 0.25) is 5.91 Å². The Morgan fingerprint density at radius 3 is 2.36 bits per heavy atom. The highest BCUT2D eigenvalue weighted by Gasteiger charge is 2.37. The standard InChI is InChI=1S/C7H13FN2O/c8-5-7(6(9)11)1-3-10-4-2-7/h10H,1-5H2,(H2,9,11). The number of nitrogens with one attached hydrogen (secondary N) is 1. The molecule has 1 amide bonds. The number of carbonyl (C=O) groups is 1. The number of amides is 1. The van der Waals surface area contributed by atoms with E-state index in [1.54, 1.807) is 0 Å². The molecule has 0 aliphatic carbocycles. The molecule has 1 rings (SSSR count). The van der Waals surface area contributed by atoms with Crippen LogP contribution in [0.4, 0.5) is 4.39 Å². The second-order valence-corrected chi connectivity index (χ2v) is 3.03. The first-order valence-electron chi connectivity index (χ1n) is 3.78. The molecule has 1 heterocycles. The molecule has 64 valence electrons. The lowest BCUT2D eigenvalue weighted by Gasteiger charge is -2.31. The summed E-state index contributed by atoms with van der Waals surface area (Å²) >= 11 is 0. The van der Waals surface area contributed by atoms with Gasteiger partial charge in [0, 0.05) is 0 Å². The minimum Gasteiger partial charge on any atom is -0.369 e. The Kier molecular flexibility index (Phi) is 2.44. The molecule has 11 heavy (non-hydrogen) atoms. The summed E-state index contributed by atoms with van der Waals surface area (Å²) in [5.41, 5.74) is 4.24. The van der Waals surface area contributed by atoms with Crippen molar-refractivity contribution in [2.75, 3.05) is 19.8 Å². The van der Waals surface area contributed by atoms with Gasteiger partial charge >= 0.3 is 0 Å². The SMILES string of the molecule is NC(=O)C1(CF)CCNCC1. The van der Waals surface area contributed by atoms with Crippen LogP contribution in [-0.2, 0) is 4.79 Å². The van der Waals surface area contributed by atoms with Crippen LogP contribution >= 0.6 is 0 Å². The highest BCUT2D eigenvalue weighted by molar-refractivity contribution is 5.81. The summed E-state index contributed by atoms with van der Waals surface area (Å²) in [5, 5.41) is 3.05. The fraction of sp³-hybridized carbons (Fsp3) is 0.857. The number of nitrogens with two attached hydrogens (primary N) is 1. The van der Waals surface area contributed by atoms with Gasteiger partial charge in [-0.25, -0.2) is 4.39 Å². The molecule has 1 aliphatic heterocycles. The Morgan fingerprint density at radius 1 is 1.55 bits per heavy atom. The molecular formula is C7H13FN2O. The minimum absolute atomic E-state index is 0.499. The Hall–Kier alpha value is -0.640. The molecule has 0 aromatic rings. The van der Waals surface area contributed by atoms with E-state index < -0.39 is 18.0 Å². The summed E-state index contributed by atoms with van der Waals surface area (Å²) in [6.45, 7) is 0.754. The van der Waals surface area contributed by atoms with Crippen LogP contribution in [0.25, 0.3) is 0 Å². The van der Waals surface area contributed by atoms with Gasteiger partial charge in [-0.15, -0.1) is 0 Å². The Balaban J connectivity index is 2.64. The largest absolute Gasteiger partial charge is 0.369 e. The van der Waals surface area contributed by atoms with Crippen molar-refractivity contribution in [3.8, 4) is 0 Å². The van der Waals surface area contributed by atoms with Crippen molar-refractivity contribution < 1.29 is 9.18 Å². The van der Waals surface area contributed by atoms with Gasteiger partial charge in [-0.1, -0.05) is 0 Å². The van der Waals surface area contributed by atoms with E-state index in [2.05, 4.69) is 5.32 Å². The predicted molar refractivity (Wildman–Crippen MR) is 39.7 cm³/mol. The lowest BCUT2D eigenvalue weighted by atomic mass is 9.79. The maximum absolute atomic E-state index is 12.5. The molecule has 1 saturated heterocycles. The fourth-order valence-electron chi connectivity index (χ4n) is 1.35. The van der Waals surface area contributed by atoms with Gasteiger partial charge in [0.1, 0.15) is 6.67 Å². The van der Waals surface area contributed by atoms with Gasteiger partial charge in [0.05, 0.1) is 5.41 Å². The van der Waals surface area contributed by atoms with E-state index in [4.69, 9.17) is 5.73 Å². The molecule has 0 spiro atoms. The molecule has 0 unspecified atom stereocenters. The molecule has 0 aromatic heterocycles. The van der Waals surface area contributed by atoms with E-state index in [9.17, 15) is 9.18 Å². The lowest BCUT2D eigenvalue weighted by molar-refractivity contribution is -0.130. The van der Waals surface area contributed by atoms with E-state index in [0.717, 1.165) is 0 Å². The van der Waals surface area contributed by atoms with E-state index in [-0.39, 0.29) is 0 Å². The maximum atomic E-state index is 12.5. The van der Waals surface area contributed by atoms with Crippen LogP contribution in [0.2, 0.25) is 0 Å². The Morgan fingerprint density at radius 2 is 2.09 bits per heavy atom. The van der Waals surface area contributed by atoms with Crippen LogP contribution in [0.1, 0.15) is 12.8 Å². The van der Waals surface area contributed by atoms with Crippen molar-refractivity contribution in [1.29, 1.82) is 0 Å². The first-order chi connectivity index (χ1) is 5.21. The van der Waals surface area contributed by atoms with Gasteiger partial charge in [-0.2, -0.15) is 0 Å². The third-order valence-corrected chi connectivity index (χ3v) is 2.34. The molecule has 1 fully saturated rings. The van der Waals surface area contributed by atoms with Crippen molar-refractivity contribution in [2.45, 2.75) is 12.8 Å². The zero-order chi connectivity index (χ0) is 8.32. The zero-order valence-electron chi connectivity index (χ0n) is 6.40. The number of rotatable bonds is 2. The Bertz CT molecular complexity index is 155. The number of piperidine rings is 1. The van der Waals surface area contributed by atoms with E-state index in [1.165, 1.54) is 0 Å². The van der Waals surface area contributed by atoms with Crippen LogP contribution in [-0.4, -0.2) is 25.7 Å². The summed E-state index contributed by atoms with van der Waals surface area (Å²) in [5.74, 6) is -0.499. The normalized spacial score (nSPS) is 23.0. The molecule has 0 saturated carbocycles. The van der Waals surface area contributed by atoms with Crippen LogP contribution in [0, 0.1) is 5.41 Å². The number of primary amides is 1. The lowest BCUT2D eigenvalue weighted by Crippen LogP contribution is -2.46. The van der Waals surface area contributed by atoms with Crippen molar-refractivity contribution in [3.05, 3.63) is 0 Å². The smallest absolute Gasteiger partial charge is 0.226 e. The van der Waals surface area contributed by atoms with Gasteiger partial charge < -0.3 is 11.1 Å². The summed E-state index contributed by atoms with van der Waals surface area (Å²) in [7, 11) is 0. The third-order valence-electron chi connectivity index (χ3n) is 2.34. The highest BCUT2D eigenvalue weighted by Crippen LogP contribution is 2.28. The first kappa shape index (κ1) is 8.46. The van der Waals surface area contributed by atoms with Crippen LogP contribution in [0.3, 0.4) is 0 Å². The number of alkyl halides is 1. The summed E-state index contributed by atoms with van der Waals surface area (Å²) in [6.07, 6.45) is 1.05. The first-order valence-corrected chi connectivity index (χ1v) is 3.78. The maximum Gasteiger partial charge on any atom is 0.226 e. The van der Waals surface area contributed by atoms with Crippen molar-refractivity contribution >= 4 is 5.91 Å². The predicted octanol–water partition coefficient (Wildman–Crippen LogP) is -0.189. The van der Waals surface area contributed by atoms with Gasteiger partial charge in [-0.3, -0.25) is 4.79 Å². The fourth-order valence-corrected chi connectivity index (χ4v) is 1.35. The quantitative estimate of drug-likeness (QED) is 0.588. The average molecular weight is 160 g/mol.